The fraction of sp³-hybridized carbons (Fsp3) is 0. The van der Waals surface area contributed by atoms with E-state index in [4.69, 9.17) is 17.3 Å². The van der Waals surface area contributed by atoms with Crippen LogP contribution >= 0.6 is 23.4 Å². The molecule has 1 heterocycles. The number of hydrogen-bond donors (Lipinski definition) is 1. The quantitative estimate of drug-likeness (QED) is 0.894. The summed E-state index contributed by atoms with van der Waals surface area (Å²) in [7, 11) is 0. The first-order valence-electron chi connectivity index (χ1n) is 4.24. The van der Waals surface area contributed by atoms with E-state index >= 15 is 0 Å². The zero-order valence-electron chi connectivity index (χ0n) is 7.89. The van der Waals surface area contributed by atoms with Gasteiger partial charge in [0.1, 0.15) is 5.82 Å². The second kappa shape index (κ2) is 4.63. The molecule has 0 aliphatic carbocycles. The molecule has 2 aromatic rings. The molecule has 1 aromatic carbocycles. The zero-order chi connectivity index (χ0) is 11.5. The van der Waals surface area contributed by atoms with Crippen molar-refractivity contribution in [1.82, 2.24) is 15.0 Å². The van der Waals surface area contributed by atoms with E-state index < -0.39 is 0 Å². The number of anilines is 1. The largest absolute Gasteiger partial charge is 0.368 e. The maximum atomic E-state index is 12.7. The van der Waals surface area contributed by atoms with Gasteiger partial charge < -0.3 is 5.73 Å². The molecule has 0 unspecified atom stereocenters. The maximum absolute atomic E-state index is 12.7. The van der Waals surface area contributed by atoms with Gasteiger partial charge in [0.15, 0.2) is 5.16 Å². The molecule has 0 bridgehead atoms. The van der Waals surface area contributed by atoms with Gasteiger partial charge in [-0.1, -0.05) is 0 Å². The molecule has 82 valence electrons. The predicted molar refractivity (Wildman–Crippen MR) is 59.8 cm³/mol. The average molecular weight is 257 g/mol. The van der Waals surface area contributed by atoms with Crippen molar-refractivity contribution >= 4 is 29.3 Å². The van der Waals surface area contributed by atoms with Crippen molar-refractivity contribution in [2.75, 3.05) is 5.73 Å². The number of nitrogen functional groups attached to an aromatic ring is 1. The standard InChI is InChI=1S/C9H6ClFN4S/c10-7-13-8(12)15-9(14-7)16-6-3-1-5(11)2-4-6/h1-4H,(H2,12,13,14,15). The summed E-state index contributed by atoms with van der Waals surface area (Å²) in [4.78, 5) is 12.2. The van der Waals surface area contributed by atoms with Crippen molar-refractivity contribution in [3.05, 3.63) is 35.4 Å². The highest BCUT2D eigenvalue weighted by molar-refractivity contribution is 7.99. The Bertz CT molecular complexity index is 485. The fourth-order valence-corrected chi connectivity index (χ4v) is 1.97. The smallest absolute Gasteiger partial charge is 0.228 e. The minimum Gasteiger partial charge on any atom is -0.368 e. The SMILES string of the molecule is Nc1nc(Cl)nc(Sc2ccc(F)cc2)n1. The predicted octanol–water partition coefficient (Wildman–Crippen LogP) is 2.40. The van der Waals surface area contributed by atoms with Crippen LogP contribution in [0.4, 0.5) is 10.3 Å². The Balaban J connectivity index is 2.23. The Morgan fingerprint density at radius 1 is 1.12 bits per heavy atom. The summed E-state index contributed by atoms with van der Waals surface area (Å²) in [5.41, 5.74) is 5.42. The number of rotatable bonds is 2. The van der Waals surface area contributed by atoms with E-state index in [0.29, 0.717) is 5.16 Å². The van der Waals surface area contributed by atoms with Gasteiger partial charge in [-0.15, -0.1) is 0 Å². The third-order valence-electron chi connectivity index (χ3n) is 1.63. The van der Waals surface area contributed by atoms with Gasteiger partial charge >= 0.3 is 0 Å². The van der Waals surface area contributed by atoms with E-state index in [1.165, 1.54) is 23.9 Å². The lowest BCUT2D eigenvalue weighted by Crippen LogP contribution is -1.98. The van der Waals surface area contributed by atoms with Crippen LogP contribution in [0, 0.1) is 5.82 Å². The number of benzene rings is 1. The van der Waals surface area contributed by atoms with Gasteiger partial charge in [0.05, 0.1) is 0 Å². The van der Waals surface area contributed by atoms with Crippen LogP contribution in [0.5, 0.6) is 0 Å². The lowest BCUT2D eigenvalue weighted by molar-refractivity contribution is 0.626. The van der Waals surface area contributed by atoms with Gasteiger partial charge in [-0.25, -0.2) is 4.39 Å². The highest BCUT2D eigenvalue weighted by atomic mass is 35.5. The molecule has 0 amide bonds. The summed E-state index contributed by atoms with van der Waals surface area (Å²) in [5, 5.41) is 0.418. The molecule has 0 spiro atoms. The number of aromatic nitrogens is 3. The molecule has 0 fully saturated rings. The lowest BCUT2D eigenvalue weighted by atomic mass is 10.4. The van der Waals surface area contributed by atoms with Crippen LogP contribution in [0.25, 0.3) is 0 Å². The van der Waals surface area contributed by atoms with Gasteiger partial charge in [-0.05, 0) is 47.6 Å². The first-order chi connectivity index (χ1) is 7.63. The summed E-state index contributed by atoms with van der Waals surface area (Å²) in [6.45, 7) is 0. The molecule has 7 heteroatoms. The number of nitrogens with zero attached hydrogens (tertiary/aromatic N) is 3. The second-order valence-corrected chi connectivity index (χ2v) is 4.18. The summed E-state index contributed by atoms with van der Waals surface area (Å²) in [6, 6.07) is 5.95. The zero-order valence-corrected chi connectivity index (χ0v) is 9.46. The molecule has 0 atom stereocenters. The van der Waals surface area contributed by atoms with Gasteiger partial charge in [-0.2, -0.15) is 15.0 Å². The van der Waals surface area contributed by atoms with Gasteiger partial charge in [-0.3, -0.25) is 0 Å². The van der Waals surface area contributed by atoms with Crippen LogP contribution in [-0.4, -0.2) is 15.0 Å². The second-order valence-electron chi connectivity index (χ2n) is 2.80. The van der Waals surface area contributed by atoms with Crippen molar-refractivity contribution in [3.63, 3.8) is 0 Å². The molecule has 2 N–H and O–H groups in total. The molecule has 0 aliphatic heterocycles. The van der Waals surface area contributed by atoms with Crippen molar-refractivity contribution in [2.24, 2.45) is 0 Å². The Labute approximate surface area is 100 Å². The third-order valence-corrected chi connectivity index (χ3v) is 2.67. The topological polar surface area (TPSA) is 64.7 Å². The summed E-state index contributed by atoms with van der Waals surface area (Å²) >= 11 is 6.86. The van der Waals surface area contributed by atoms with Crippen molar-refractivity contribution < 1.29 is 4.39 Å². The van der Waals surface area contributed by atoms with Gasteiger partial charge in [0, 0.05) is 4.90 Å². The molecule has 0 saturated carbocycles. The van der Waals surface area contributed by atoms with Crippen LogP contribution in [0.15, 0.2) is 34.3 Å². The van der Waals surface area contributed by atoms with E-state index in [0.717, 1.165) is 4.90 Å². The van der Waals surface area contributed by atoms with Gasteiger partial charge in [0.25, 0.3) is 0 Å². The Morgan fingerprint density at radius 3 is 2.44 bits per heavy atom. The molecule has 1 aromatic heterocycles. The van der Waals surface area contributed by atoms with Gasteiger partial charge in [0.2, 0.25) is 11.2 Å². The molecule has 0 saturated heterocycles. The summed E-state index contributed by atoms with van der Waals surface area (Å²) < 4.78 is 12.7. The molecular formula is C9H6ClFN4S. The summed E-state index contributed by atoms with van der Waals surface area (Å²) in [6.07, 6.45) is 0. The van der Waals surface area contributed by atoms with Crippen LogP contribution in [0.3, 0.4) is 0 Å². The highest BCUT2D eigenvalue weighted by Gasteiger charge is 2.04. The van der Waals surface area contributed by atoms with Crippen LogP contribution < -0.4 is 5.73 Å². The molecule has 2 rings (SSSR count). The fourth-order valence-electron chi connectivity index (χ4n) is 1.00. The normalized spacial score (nSPS) is 10.4. The first kappa shape index (κ1) is 11.1. The van der Waals surface area contributed by atoms with Crippen LogP contribution in [-0.2, 0) is 0 Å². The van der Waals surface area contributed by atoms with Crippen molar-refractivity contribution in [3.8, 4) is 0 Å². The molecule has 0 radical (unpaired) electrons. The van der Waals surface area contributed by atoms with E-state index in [9.17, 15) is 4.39 Å². The lowest BCUT2D eigenvalue weighted by Gasteiger charge is -2.00. The number of nitrogens with two attached hydrogens (primary N) is 1. The van der Waals surface area contributed by atoms with Crippen LogP contribution in [0.2, 0.25) is 5.28 Å². The van der Waals surface area contributed by atoms with Crippen LogP contribution in [0.1, 0.15) is 0 Å². The van der Waals surface area contributed by atoms with Crippen molar-refractivity contribution in [2.45, 2.75) is 10.1 Å². The third kappa shape index (κ3) is 2.80. The Morgan fingerprint density at radius 2 is 1.81 bits per heavy atom. The van der Waals surface area contributed by atoms with E-state index in [2.05, 4.69) is 15.0 Å². The Hall–Kier alpha value is -1.40. The minimum atomic E-state index is -0.294. The van der Waals surface area contributed by atoms with E-state index in [-0.39, 0.29) is 17.0 Å². The summed E-state index contributed by atoms with van der Waals surface area (Å²) in [5.74, 6) is -0.234. The monoisotopic (exact) mass is 256 g/mol. The molecule has 0 aliphatic rings. The van der Waals surface area contributed by atoms with E-state index in [1.54, 1.807) is 12.1 Å². The average Bonchev–Trinajstić information content (AvgIpc) is 2.20. The Kier molecular flexibility index (Phi) is 3.21. The van der Waals surface area contributed by atoms with Crippen molar-refractivity contribution in [1.29, 1.82) is 0 Å². The highest BCUT2D eigenvalue weighted by Crippen LogP contribution is 2.25. The maximum Gasteiger partial charge on any atom is 0.228 e. The minimum absolute atomic E-state index is 0.0390. The first-order valence-corrected chi connectivity index (χ1v) is 5.43. The number of halogens is 2. The number of hydrogen-bond acceptors (Lipinski definition) is 5. The molecular weight excluding hydrogens is 251 g/mol. The molecule has 16 heavy (non-hydrogen) atoms. The van der Waals surface area contributed by atoms with E-state index in [1.807, 2.05) is 0 Å². The molecule has 4 nitrogen and oxygen atoms in total.